The standard InChI is InChI=1S/C15H20N4O3S/c1-10(20)18-4-6-19(7-5-18)13(21)8-12-9-23-15(16-12)17-14(22)11-2-3-11/h9,11H,2-8H2,1H3,(H,16,17,22). The van der Waals surface area contributed by atoms with Gasteiger partial charge in [0.25, 0.3) is 0 Å². The lowest BCUT2D eigenvalue weighted by atomic mass is 10.2. The van der Waals surface area contributed by atoms with E-state index >= 15 is 0 Å². The van der Waals surface area contributed by atoms with Crippen molar-refractivity contribution in [3.8, 4) is 0 Å². The van der Waals surface area contributed by atoms with Gasteiger partial charge in [0.15, 0.2) is 5.13 Å². The van der Waals surface area contributed by atoms with E-state index in [1.807, 2.05) is 5.38 Å². The molecule has 1 aromatic rings. The maximum atomic E-state index is 12.3. The molecule has 3 rings (SSSR count). The highest BCUT2D eigenvalue weighted by atomic mass is 32.1. The van der Waals surface area contributed by atoms with Crippen LogP contribution in [0.15, 0.2) is 5.38 Å². The molecule has 0 atom stereocenters. The Morgan fingerprint density at radius 2 is 1.87 bits per heavy atom. The Balaban J connectivity index is 1.49. The predicted octanol–water partition coefficient (Wildman–Crippen LogP) is 0.725. The van der Waals surface area contributed by atoms with Gasteiger partial charge in [0.05, 0.1) is 12.1 Å². The molecule has 1 saturated carbocycles. The van der Waals surface area contributed by atoms with Gasteiger partial charge in [0.2, 0.25) is 17.7 Å². The molecular formula is C15H20N4O3S. The summed E-state index contributed by atoms with van der Waals surface area (Å²) in [6.45, 7) is 3.84. The summed E-state index contributed by atoms with van der Waals surface area (Å²) in [5, 5.41) is 5.17. The highest BCUT2D eigenvalue weighted by Crippen LogP contribution is 2.30. The van der Waals surface area contributed by atoms with E-state index in [0.29, 0.717) is 37.0 Å². The van der Waals surface area contributed by atoms with E-state index in [9.17, 15) is 14.4 Å². The number of nitrogens with zero attached hydrogens (tertiary/aromatic N) is 3. The van der Waals surface area contributed by atoms with Gasteiger partial charge in [-0.25, -0.2) is 4.98 Å². The van der Waals surface area contributed by atoms with Crippen LogP contribution >= 0.6 is 11.3 Å². The molecule has 7 nitrogen and oxygen atoms in total. The van der Waals surface area contributed by atoms with E-state index in [-0.39, 0.29) is 30.1 Å². The normalized spacial score (nSPS) is 18.0. The van der Waals surface area contributed by atoms with Crippen LogP contribution in [0.2, 0.25) is 0 Å². The van der Waals surface area contributed by atoms with Crippen LogP contribution in [0, 0.1) is 5.92 Å². The Labute approximate surface area is 138 Å². The molecule has 0 radical (unpaired) electrons. The van der Waals surface area contributed by atoms with Crippen molar-refractivity contribution in [2.45, 2.75) is 26.2 Å². The Morgan fingerprint density at radius 1 is 1.22 bits per heavy atom. The molecule has 0 spiro atoms. The summed E-state index contributed by atoms with van der Waals surface area (Å²) in [5.41, 5.74) is 0.681. The first-order valence-corrected chi connectivity index (χ1v) is 8.69. The molecule has 124 valence electrons. The Kier molecular flexibility index (Phi) is 4.61. The quantitative estimate of drug-likeness (QED) is 0.878. The summed E-state index contributed by atoms with van der Waals surface area (Å²) < 4.78 is 0. The number of carbonyl (C=O) groups is 3. The van der Waals surface area contributed by atoms with E-state index in [4.69, 9.17) is 0 Å². The average molecular weight is 336 g/mol. The van der Waals surface area contributed by atoms with Gasteiger partial charge in [-0.3, -0.25) is 14.4 Å². The zero-order valence-corrected chi connectivity index (χ0v) is 13.9. The smallest absolute Gasteiger partial charge is 0.229 e. The number of carbonyl (C=O) groups excluding carboxylic acids is 3. The van der Waals surface area contributed by atoms with Gasteiger partial charge in [-0.2, -0.15) is 0 Å². The van der Waals surface area contributed by atoms with E-state index < -0.39 is 0 Å². The largest absolute Gasteiger partial charge is 0.339 e. The molecule has 0 aromatic carbocycles. The summed E-state index contributed by atoms with van der Waals surface area (Å²) in [5.74, 6) is 0.227. The van der Waals surface area contributed by atoms with Crippen molar-refractivity contribution < 1.29 is 14.4 Å². The summed E-state index contributed by atoms with van der Waals surface area (Å²) in [7, 11) is 0. The summed E-state index contributed by atoms with van der Waals surface area (Å²) >= 11 is 1.35. The first kappa shape index (κ1) is 15.9. The number of aromatic nitrogens is 1. The van der Waals surface area contributed by atoms with Gasteiger partial charge >= 0.3 is 0 Å². The third-order valence-electron chi connectivity index (χ3n) is 4.14. The SMILES string of the molecule is CC(=O)N1CCN(C(=O)Cc2csc(NC(=O)C3CC3)n2)CC1. The molecule has 23 heavy (non-hydrogen) atoms. The first-order valence-electron chi connectivity index (χ1n) is 7.81. The number of piperazine rings is 1. The molecule has 2 fully saturated rings. The molecule has 0 unspecified atom stereocenters. The lowest BCUT2D eigenvalue weighted by Gasteiger charge is -2.34. The fraction of sp³-hybridized carbons (Fsp3) is 0.600. The third-order valence-corrected chi connectivity index (χ3v) is 4.95. The number of hydrogen-bond acceptors (Lipinski definition) is 5. The molecule has 1 aliphatic heterocycles. The second-order valence-corrected chi connectivity index (χ2v) is 6.83. The molecule has 8 heteroatoms. The fourth-order valence-corrected chi connectivity index (χ4v) is 3.25. The van der Waals surface area contributed by atoms with Crippen molar-refractivity contribution in [2.75, 3.05) is 31.5 Å². The molecular weight excluding hydrogens is 316 g/mol. The number of anilines is 1. The van der Waals surface area contributed by atoms with Crippen molar-refractivity contribution in [2.24, 2.45) is 5.92 Å². The summed E-state index contributed by atoms with van der Waals surface area (Å²) in [6.07, 6.45) is 2.14. The number of rotatable bonds is 4. The second kappa shape index (κ2) is 6.66. The molecule has 2 heterocycles. The Bertz CT molecular complexity index is 618. The number of hydrogen-bond donors (Lipinski definition) is 1. The van der Waals surface area contributed by atoms with Crippen molar-refractivity contribution in [3.05, 3.63) is 11.1 Å². The molecule has 0 bridgehead atoms. The van der Waals surface area contributed by atoms with Crippen LogP contribution in [-0.2, 0) is 20.8 Å². The topological polar surface area (TPSA) is 82.6 Å². The van der Waals surface area contributed by atoms with Gasteiger partial charge in [-0.1, -0.05) is 0 Å². The number of nitrogens with one attached hydrogen (secondary N) is 1. The van der Waals surface area contributed by atoms with Crippen molar-refractivity contribution in [1.29, 1.82) is 0 Å². The van der Waals surface area contributed by atoms with E-state index in [1.54, 1.807) is 16.7 Å². The highest BCUT2D eigenvalue weighted by Gasteiger charge is 2.30. The lowest BCUT2D eigenvalue weighted by molar-refractivity contribution is -0.138. The summed E-state index contributed by atoms with van der Waals surface area (Å²) in [6, 6.07) is 0. The molecule has 2 aliphatic rings. The van der Waals surface area contributed by atoms with Crippen molar-refractivity contribution in [1.82, 2.24) is 14.8 Å². The second-order valence-electron chi connectivity index (χ2n) is 5.97. The van der Waals surface area contributed by atoms with E-state index in [1.165, 1.54) is 11.3 Å². The van der Waals surface area contributed by atoms with Crippen LogP contribution in [-0.4, -0.2) is 58.7 Å². The van der Waals surface area contributed by atoms with Crippen LogP contribution in [0.4, 0.5) is 5.13 Å². The molecule has 1 N–H and O–H groups in total. The van der Waals surface area contributed by atoms with Gasteiger partial charge in [-0.15, -0.1) is 11.3 Å². The molecule has 3 amide bonds. The van der Waals surface area contributed by atoms with E-state index in [2.05, 4.69) is 10.3 Å². The van der Waals surface area contributed by atoms with Crippen molar-refractivity contribution >= 4 is 34.2 Å². The van der Waals surface area contributed by atoms with Crippen LogP contribution in [0.25, 0.3) is 0 Å². The minimum Gasteiger partial charge on any atom is -0.339 e. The fourth-order valence-electron chi connectivity index (χ4n) is 2.54. The Hall–Kier alpha value is -1.96. The van der Waals surface area contributed by atoms with Crippen molar-refractivity contribution in [3.63, 3.8) is 0 Å². The van der Waals surface area contributed by atoms with Gasteiger partial charge in [-0.05, 0) is 12.8 Å². The maximum absolute atomic E-state index is 12.3. The van der Waals surface area contributed by atoms with Crippen LogP contribution < -0.4 is 5.32 Å². The van der Waals surface area contributed by atoms with Gasteiger partial charge in [0, 0.05) is 44.4 Å². The molecule has 1 aromatic heterocycles. The van der Waals surface area contributed by atoms with Crippen LogP contribution in [0.5, 0.6) is 0 Å². The number of amides is 3. The van der Waals surface area contributed by atoms with Gasteiger partial charge < -0.3 is 15.1 Å². The van der Waals surface area contributed by atoms with Crippen LogP contribution in [0.1, 0.15) is 25.5 Å². The first-order chi connectivity index (χ1) is 11.0. The zero-order valence-electron chi connectivity index (χ0n) is 13.1. The number of thiazole rings is 1. The van der Waals surface area contributed by atoms with Crippen LogP contribution in [0.3, 0.4) is 0 Å². The monoisotopic (exact) mass is 336 g/mol. The Morgan fingerprint density at radius 3 is 2.48 bits per heavy atom. The lowest BCUT2D eigenvalue weighted by Crippen LogP contribution is -2.50. The zero-order chi connectivity index (χ0) is 16.4. The third kappa shape index (κ3) is 4.07. The highest BCUT2D eigenvalue weighted by molar-refractivity contribution is 7.13. The maximum Gasteiger partial charge on any atom is 0.229 e. The molecule has 1 saturated heterocycles. The molecule has 1 aliphatic carbocycles. The minimum atomic E-state index is 0.0126. The average Bonchev–Trinajstić information content (AvgIpc) is 3.30. The van der Waals surface area contributed by atoms with E-state index in [0.717, 1.165) is 12.8 Å². The predicted molar refractivity (Wildman–Crippen MR) is 86.0 cm³/mol. The summed E-state index contributed by atoms with van der Waals surface area (Å²) in [4.78, 5) is 43.1. The minimum absolute atomic E-state index is 0.0126. The van der Waals surface area contributed by atoms with Gasteiger partial charge in [0.1, 0.15) is 0 Å².